The van der Waals surface area contributed by atoms with Crippen LogP contribution in [-0.4, -0.2) is 24.9 Å². The smallest absolute Gasteiger partial charge is 0.224 e. The fraction of sp³-hybridized carbons (Fsp3) is 0.333. The van der Waals surface area contributed by atoms with Gasteiger partial charge in [-0.25, -0.2) is 0 Å². The lowest BCUT2D eigenvalue weighted by Gasteiger charge is -2.22. The highest BCUT2D eigenvalue weighted by atomic mass is 16.2. The maximum Gasteiger partial charge on any atom is 0.224 e. The van der Waals surface area contributed by atoms with Gasteiger partial charge in [-0.15, -0.1) is 0 Å². The Balaban J connectivity index is 1.90. The zero-order valence-electron chi connectivity index (χ0n) is 15.4. The molecule has 0 atom stereocenters. The van der Waals surface area contributed by atoms with Crippen molar-refractivity contribution in [3.63, 3.8) is 0 Å². The SMILES string of the molecule is CC(=O)N(CCNC(=O)Cc1ccc(C)cc1)c1ccc(C)c(C)c1. The summed E-state index contributed by atoms with van der Waals surface area (Å²) in [7, 11) is 0. The second-order valence-corrected chi connectivity index (χ2v) is 6.45. The number of carbonyl (C=O) groups is 2. The molecule has 0 aliphatic carbocycles. The van der Waals surface area contributed by atoms with Crippen LogP contribution >= 0.6 is 0 Å². The van der Waals surface area contributed by atoms with Crippen molar-refractivity contribution in [1.82, 2.24) is 5.32 Å². The lowest BCUT2D eigenvalue weighted by Crippen LogP contribution is -2.38. The molecule has 0 saturated heterocycles. The Morgan fingerprint density at radius 3 is 2.24 bits per heavy atom. The Labute approximate surface area is 149 Å². The summed E-state index contributed by atoms with van der Waals surface area (Å²) >= 11 is 0. The Kier molecular flexibility index (Phi) is 6.34. The minimum atomic E-state index is -0.0348. The lowest BCUT2D eigenvalue weighted by atomic mass is 10.1. The average molecular weight is 338 g/mol. The van der Waals surface area contributed by atoms with E-state index in [4.69, 9.17) is 0 Å². The van der Waals surface area contributed by atoms with Crippen LogP contribution in [0.25, 0.3) is 0 Å². The normalized spacial score (nSPS) is 10.4. The molecule has 0 aliphatic rings. The summed E-state index contributed by atoms with van der Waals surface area (Å²) < 4.78 is 0. The Hall–Kier alpha value is -2.62. The van der Waals surface area contributed by atoms with Gasteiger partial charge in [0.15, 0.2) is 0 Å². The van der Waals surface area contributed by atoms with Crippen molar-refractivity contribution in [2.75, 3.05) is 18.0 Å². The zero-order valence-corrected chi connectivity index (χ0v) is 15.4. The molecule has 0 bridgehead atoms. The molecule has 0 unspecified atom stereocenters. The Morgan fingerprint density at radius 1 is 0.960 bits per heavy atom. The number of benzene rings is 2. The van der Waals surface area contributed by atoms with E-state index in [9.17, 15) is 9.59 Å². The molecular formula is C21H26N2O2. The fourth-order valence-corrected chi connectivity index (χ4v) is 2.62. The number of rotatable bonds is 6. The molecule has 4 heteroatoms. The van der Waals surface area contributed by atoms with Crippen LogP contribution in [-0.2, 0) is 16.0 Å². The van der Waals surface area contributed by atoms with Crippen LogP contribution < -0.4 is 10.2 Å². The highest BCUT2D eigenvalue weighted by Crippen LogP contribution is 2.18. The van der Waals surface area contributed by atoms with Gasteiger partial charge in [0.25, 0.3) is 0 Å². The Morgan fingerprint density at radius 2 is 1.64 bits per heavy atom. The van der Waals surface area contributed by atoms with Crippen molar-refractivity contribution in [2.24, 2.45) is 0 Å². The summed E-state index contributed by atoms with van der Waals surface area (Å²) in [4.78, 5) is 25.7. The van der Waals surface area contributed by atoms with Gasteiger partial charge < -0.3 is 10.2 Å². The van der Waals surface area contributed by atoms with E-state index in [0.717, 1.165) is 16.8 Å². The molecule has 1 N–H and O–H groups in total. The van der Waals surface area contributed by atoms with Crippen LogP contribution in [0, 0.1) is 20.8 Å². The van der Waals surface area contributed by atoms with Gasteiger partial charge in [0, 0.05) is 25.7 Å². The van der Waals surface area contributed by atoms with E-state index in [1.165, 1.54) is 11.1 Å². The van der Waals surface area contributed by atoms with E-state index >= 15 is 0 Å². The van der Waals surface area contributed by atoms with E-state index in [-0.39, 0.29) is 11.8 Å². The number of anilines is 1. The van der Waals surface area contributed by atoms with Crippen LogP contribution in [0.2, 0.25) is 0 Å². The third-order valence-corrected chi connectivity index (χ3v) is 4.33. The number of aryl methyl sites for hydroxylation is 3. The van der Waals surface area contributed by atoms with Crippen LogP contribution in [0.5, 0.6) is 0 Å². The van der Waals surface area contributed by atoms with Gasteiger partial charge in [0.1, 0.15) is 0 Å². The zero-order chi connectivity index (χ0) is 18.4. The van der Waals surface area contributed by atoms with E-state index < -0.39 is 0 Å². The number of hydrogen-bond acceptors (Lipinski definition) is 2. The molecule has 0 aliphatic heterocycles. The third-order valence-electron chi connectivity index (χ3n) is 4.33. The minimum absolute atomic E-state index is 0.0314. The highest BCUT2D eigenvalue weighted by molar-refractivity contribution is 5.91. The van der Waals surface area contributed by atoms with Gasteiger partial charge in [-0.3, -0.25) is 9.59 Å². The third kappa shape index (κ3) is 5.45. The van der Waals surface area contributed by atoms with Crippen LogP contribution in [0.15, 0.2) is 42.5 Å². The predicted octanol–water partition coefficient (Wildman–Crippen LogP) is 3.32. The molecule has 2 aromatic carbocycles. The molecule has 4 nitrogen and oxygen atoms in total. The molecule has 2 amide bonds. The molecule has 0 aromatic heterocycles. The van der Waals surface area contributed by atoms with Crippen LogP contribution in [0.3, 0.4) is 0 Å². The summed E-state index contributed by atoms with van der Waals surface area (Å²) in [6.07, 6.45) is 0.351. The largest absolute Gasteiger partial charge is 0.354 e. The summed E-state index contributed by atoms with van der Waals surface area (Å²) in [6, 6.07) is 13.9. The first kappa shape index (κ1) is 18.7. The number of amides is 2. The monoisotopic (exact) mass is 338 g/mol. The Bertz CT molecular complexity index is 751. The molecule has 25 heavy (non-hydrogen) atoms. The van der Waals surface area contributed by atoms with Crippen molar-refractivity contribution >= 4 is 17.5 Å². The maximum atomic E-state index is 12.1. The number of carbonyl (C=O) groups excluding carboxylic acids is 2. The first-order chi connectivity index (χ1) is 11.9. The van der Waals surface area contributed by atoms with Gasteiger partial charge in [-0.1, -0.05) is 35.9 Å². The number of nitrogens with zero attached hydrogens (tertiary/aromatic N) is 1. The first-order valence-electron chi connectivity index (χ1n) is 8.54. The number of hydrogen-bond donors (Lipinski definition) is 1. The average Bonchev–Trinajstić information content (AvgIpc) is 2.56. The van der Waals surface area contributed by atoms with Crippen LogP contribution in [0.4, 0.5) is 5.69 Å². The predicted molar refractivity (Wildman–Crippen MR) is 102 cm³/mol. The molecule has 0 fully saturated rings. The molecule has 132 valence electrons. The molecule has 0 heterocycles. The quantitative estimate of drug-likeness (QED) is 0.878. The molecule has 0 saturated carbocycles. The van der Waals surface area contributed by atoms with Crippen LogP contribution in [0.1, 0.15) is 29.2 Å². The molecule has 2 aromatic rings. The van der Waals surface area contributed by atoms with Crippen molar-refractivity contribution in [2.45, 2.75) is 34.1 Å². The second kappa shape index (κ2) is 8.47. The first-order valence-corrected chi connectivity index (χ1v) is 8.54. The fourth-order valence-electron chi connectivity index (χ4n) is 2.62. The van der Waals surface area contributed by atoms with Crippen molar-refractivity contribution in [3.8, 4) is 0 Å². The summed E-state index contributed by atoms with van der Waals surface area (Å²) in [5, 5.41) is 2.89. The maximum absolute atomic E-state index is 12.1. The summed E-state index contributed by atoms with van der Waals surface area (Å²) in [6.45, 7) is 8.52. The van der Waals surface area contributed by atoms with Gasteiger partial charge in [0.2, 0.25) is 11.8 Å². The standard InChI is InChI=1S/C21H26N2O2/c1-15-5-8-19(9-6-15)14-21(25)22-11-12-23(18(4)24)20-10-7-16(2)17(3)13-20/h5-10,13H,11-12,14H2,1-4H3,(H,22,25). The number of nitrogens with one attached hydrogen (secondary N) is 1. The molecular weight excluding hydrogens is 312 g/mol. The van der Waals surface area contributed by atoms with Gasteiger partial charge in [-0.05, 0) is 49.6 Å². The topological polar surface area (TPSA) is 49.4 Å². The minimum Gasteiger partial charge on any atom is -0.354 e. The van der Waals surface area contributed by atoms with E-state index in [1.807, 2.05) is 63.2 Å². The summed E-state index contributed by atoms with van der Waals surface area (Å²) in [5.74, 6) is -0.0662. The van der Waals surface area contributed by atoms with E-state index in [0.29, 0.717) is 19.5 Å². The van der Waals surface area contributed by atoms with Gasteiger partial charge in [0.05, 0.1) is 6.42 Å². The molecule has 0 spiro atoms. The lowest BCUT2D eigenvalue weighted by molar-refractivity contribution is -0.121. The summed E-state index contributed by atoms with van der Waals surface area (Å²) in [5.41, 5.74) is 5.37. The molecule has 2 rings (SSSR count). The van der Waals surface area contributed by atoms with Gasteiger partial charge in [-0.2, -0.15) is 0 Å². The van der Waals surface area contributed by atoms with E-state index in [1.54, 1.807) is 11.8 Å². The van der Waals surface area contributed by atoms with Crippen molar-refractivity contribution < 1.29 is 9.59 Å². The van der Waals surface area contributed by atoms with Crippen molar-refractivity contribution in [1.29, 1.82) is 0 Å². The van der Waals surface area contributed by atoms with Crippen molar-refractivity contribution in [3.05, 3.63) is 64.7 Å². The highest BCUT2D eigenvalue weighted by Gasteiger charge is 2.12. The van der Waals surface area contributed by atoms with E-state index in [2.05, 4.69) is 5.32 Å². The second-order valence-electron chi connectivity index (χ2n) is 6.45. The van der Waals surface area contributed by atoms with Gasteiger partial charge >= 0.3 is 0 Å². The molecule has 0 radical (unpaired) electrons.